The van der Waals surface area contributed by atoms with E-state index in [1.807, 2.05) is 25.1 Å². The molecule has 5 heteroatoms. The smallest absolute Gasteiger partial charge is 0.195 e. The van der Waals surface area contributed by atoms with E-state index in [0.29, 0.717) is 6.42 Å². The van der Waals surface area contributed by atoms with Gasteiger partial charge in [-0.15, -0.1) is 5.92 Å². The number of benzene rings is 1. The first-order valence-electron chi connectivity index (χ1n) is 7.35. The van der Waals surface area contributed by atoms with Gasteiger partial charge in [0.15, 0.2) is 11.7 Å². The largest absolute Gasteiger partial charge is 0.488 e. The number of nitrogens with zero attached hydrogens (tertiary/aromatic N) is 2. The van der Waals surface area contributed by atoms with Gasteiger partial charge in [0.2, 0.25) is 0 Å². The molecule has 0 unspecified atom stereocenters. The van der Waals surface area contributed by atoms with Crippen molar-refractivity contribution < 1.29 is 14.9 Å². The van der Waals surface area contributed by atoms with Crippen molar-refractivity contribution in [2.24, 2.45) is 0 Å². The van der Waals surface area contributed by atoms with Gasteiger partial charge in [0.05, 0.1) is 5.52 Å². The van der Waals surface area contributed by atoms with E-state index in [1.54, 1.807) is 6.92 Å². The van der Waals surface area contributed by atoms with Crippen LogP contribution in [0.1, 0.15) is 18.2 Å². The summed E-state index contributed by atoms with van der Waals surface area (Å²) in [4.78, 5) is 8.44. The molecule has 0 radical (unpaired) electrons. The molecule has 1 fully saturated rings. The summed E-state index contributed by atoms with van der Waals surface area (Å²) in [5, 5.41) is 21.8. The normalized spacial score (nSPS) is 26.7. The first-order chi connectivity index (χ1) is 11.0. The minimum absolute atomic E-state index is 0.138. The Hall–Kier alpha value is -2.42. The highest BCUT2D eigenvalue weighted by molar-refractivity contribution is 5.81. The molecule has 5 nitrogen and oxygen atoms in total. The number of aliphatic hydroxyl groups is 2. The first-order valence-corrected chi connectivity index (χ1v) is 7.35. The molecular weight excluding hydrogens is 292 g/mol. The molecule has 0 bridgehead atoms. The standard InChI is InChI=1S/C18H18N2O3/c1-4-7-18(22)16(23-12(3)17(18)21)9-13-5-6-14-11(2)19-10-20-15(14)8-13/h5-6,8,10,16-17,21-22H,3,9H2,1-2H3/t16-,17+,18-/m0/s1. The van der Waals surface area contributed by atoms with Crippen molar-refractivity contribution in [3.05, 3.63) is 48.1 Å². The fourth-order valence-electron chi connectivity index (χ4n) is 2.88. The molecule has 0 amide bonds. The van der Waals surface area contributed by atoms with E-state index in [1.165, 1.54) is 6.33 Å². The Morgan fingerprint density at radius 3 is 2.91 bits per heavy atom. The molecule has 3 rings (SSSR count). The highest BCUT2D eigenvalue weighted by atomic mass is 16.5. The maximum Gasteiger partial charge on any atom is 0.195 e. The van der Waals surface area contributed by atoms with Crippen LogP contribution in [-0.4, -0.2) is 38.0 Å². The van der Waals surface area contributed by atoms with E-state index in [2.05, 4.69) is 28.4 Å². The average molecular weight is 310 g/mol. The molecule has 1 aliphatic heterocycles. The van der Waals surface area contributed by atoms with Gasteiger partial charge in [0.25, 0.3) is 0 Å². The zero-order chi connectivity index (χ0) is 16.6. The van der Waals surface area contributed by atoms with Crippen LogP contribution in [0.15, 0.2) is 36.9 Å². The van der Waals surface area contributed by atoms with E-state index in [-0.39, 0.29) is 5.76 Å². The molecule has 3 atom stereocenters. The average Bonchev–Trinajstić information content (AvgIpc) is 2.72. The summed E-state index contributed by atoms with van der Waals surface area (Å²) in [6, 6.07) is 5.82. The molecule has 1 aromatic carbocycles. The summed E-state index contributed by atoms with van der Waals surface area (Å²) in [6.45, 7) is 7.19. The summed E-state index contributed by atoms with van der Waals surface area (Å²) in [7, 11) is 0. The van der Waals surface area contributed by atoms with Crippen LogP contribution in [0.3, 0.4) is 0 Å². The summed E-state index contributed by atoms with van der Waals surface area (Å²) in [6.07, 6.45) is 0.0148. The zero-order valence-electron chi connectivity index (χ0n) is 13.1. The topological polar surface area (TPSA) is 75.5 Å². The Bertz CT molecular complexity index is 837. The number of hydrogen-bond acceptors (Lipinski definition) is 5. The Labute approximate surface area is 134 Å². The Balaban J connectivity index is 1.94. The zero-order valence-corrected chi connectivity index (χ0v) is 13.1. The summed E-state index contributed by atoms with van der Waals surface area (Å²) >= 11 is 0. The molecule has 0 spiro atoms. The van der Waals surface area contributed by atoms with Gasteiger partial charge in [-0.25, -0.2) is 9.97 Å². The minimum Gasteiger partial charge on any atom is -0.488 e. The van der Waals surface area contributed by atoms with Gasteiger partial charge < -0.3 is 14.9 Å². The summed E-state index contributed by atoms with van der Waals surface area (Å²) in [5.74, 6) is 5.45. The minimum atomic E-state index is -1.65. The summed E-state index contributed by atoms with van der Waals surface area (Å²) < 4.78 is 5.55. The first kappa shape index (κ1) is 15.5. The quantitative estimate of drug-likeness (QED) is 0.822. The lowest BCUT2D eigenvalue weighted by Crippen LogP contribution is -2.46. The van der Waals surface area contributed by atoms with Crippen LogP contribution in [-0.2, 0) is 11.2 Å². The SMILES string of the molecule is C=C1O[C@@H](Cc2ccc3c(C)ncnc3c2)[C@@](O)(C#CC)[C@@H]1O. The van der Waals surface area contributed by atoms with Crippen LogP contribution in [0.2, 0.25) is 0 Å². The number of ether oxygens (including phenoxy) is 1. The lowest BCUT2D eigenvalue weighted by Gasteiger charge is -2.24. The van der Waals surface area contributed by atoms with Crippen molar-refractivity contribution >= 4 is 10.9 Å². The maximum absolute atomic E-state index is 10.7. The Morgan fingerprint density at radius 2 is 2.17 bits per heavy atom. The van der Waals surface area contributed by atoms with E-state index in [4.69, 9.17) is 4.74 Å². The molecule has 1 saturated heterocycles. The van der Waals surface area contributed by atoms with Gasteiger partial charge >= 0.3 is 0 Å². The van der Waals surface area contributed by atoms with Crippen LogP contribution in [0.25, 0.3) is 10.9 Å². The highest BCUT2D eigenvalue weighted by Gasteiger charge is 2.52. The fourth-order valence-corrected chi connectivity index (χ4v) is 2.88. The third-order valence-electron chi connectivity index (χ3n) is 4.15. The van der Waals surface area contributed by atoms with E-state index in [0.717, 1.165) is 22.2 Å². The molecular formula is C18H18N2O3. The van der Waals surface area contributed by atoms with E-state index in [9.17, 15) is 10.2 Å². The van der Waals surface area contributed by atoms with E-state index >= 15 is 0 Å². The van der Waals surface area contributed by atoms with Gasteiger partial charge in [0.1, 0.15) is 18.2 Å². The van der Waals surface area contributed by atoms with Crippen LogP contribution < -0.4 is 0 Å². The summed E-state index contributed by atoms with van der Waals surface area (Å²) in [5.41, 5.74) is 1.02. The second-order valence-electron chi connectivity index (χ2n) is 5.69. The van der Waals surface area contributed by atoms with Gasteiger partial charge in [-0.3, -0.25) is 0 Å². The second-order valence-corrected chi connectivity index (χ2v) is 5.69. The van der Waals surface area contributed by atoms with Crippen LogP contribution in [0, 0.1) is 18.8 Å². The number of aryl methyl sites for hydroxylation is 1. The molecule has 0 aliphatic carbocycles. The van der Waals surface area contributed by atoms with Crippen molar-refractivity contribution in [3.63, 3.8) is 0 Å². The van der Waals surface area contributed by atoms with Crippen molar-refractivity contribution in [2.45, 2.75) is 38.1 Å². The predicted octanol–water partition coefficient (Wildman–Crippen LogP) is 1.51. The lowest BCUT2D eigenvalue weighted by atomic mass is 9.88. The van der Waals surface area contributed by atoms with Gasteiger partial charge in [-0.05, 0) is 25.5 Å². The molecule has 23 heavy (non-hydrogen) atoms. The van der Waals surface area contributed by atoms with Gasteiger partial charge in [0, 0.05) is 17.5 Å². The third kappa shape index (κ3) is 2.56. The van der Waals surface area contributed by atoms with E-state index < -0.39 is 17.8 Å². The van der Waals surface area contributed by atoms with Crippen LogP contribution >= 0.6 is 0 Å². The third-order valence-corrected chi connectivity index (χ3v) is 4.15. The Morgan fingerprint density at radius 1 is 1.39 bits per heavy atom. The molecule has 2 heterocycles. The van der Waals surface area contributed by atoms with Crippen LogP contribution in [0.4, 0.5) is 0 Å². The van der Waals surface area contributed by atoms with Crippen molar-refractivity contribution in [2.75, 3.05) is 0 Å². The highest BCUT2D eigenvalue weighted by Crippen LogP contribution is 2.34. The second kappa shape index (κ2) is 5.65. The molecule has 0 saturated carbocycles. The van der Waals surface area contributed by atoms with Crippen molar-refractivity contribution in [1.82, 2.24) is 9.97 Å². The maximum atomic E-state index is 10.7. The monoisotopic (exact) mass is 310 g/mol. The van der Waals surface area contributed by atoms with Crippen molar-refractivity contribution in [1.29, 1.82) is 0 Å². The van der Waals surface area contributed by atoms with Gasteiger partial charge in [-0.1, -0.05) is 24.6 Å². The molecule has 2 aromatic rings. The predicted molar refractivity (Wildman–Crippen MR) is 86.4 cm³/mol. The number of aromatic nitrogens is 2. The molecule has 1 aromatic heterocycles. The number of fused-ring (bicyclic) bond motifs is 1. The van der Waals surface area contributed by atoms with Crippen molar-refractivity contribution in [3.8, 4) is 11.8 Å². The number of rotatable bonds is 2. The molecule has 1 aliphatic rings. The van der Waals surface area contributed by atoms with Gasteiger partial charge in [-0.2, -0.15) is 0 Å². The number of hydrogen-bond donors (Lipinski definition) is 2. The van der Waals surface area contributed by atoms with Crippen LogP contribution in [0.5, 0.6) is 0 Å². The molecule has 118 valence electrons. The Kier molecular flexibility index (Phi) is 3.80. The number of aliphatic hydroxyl groups excluding tert-OH is 1. The molecule has 2 N–H and O–H groups in total. The lowest BCUT2D eigenvalue weighted by molar-refractivity contribution is -0.0316. The fraction of sp³-hybridized carbons (Fsp3) is 0.333.